The molecule has 5 rings (SSSR count). The molecule has 0 bridgehead atoms. The molecule has 1 unspecified atom stereocenters. The van der Waals surface area contributed by atoms with Crippen LogP contribution in [0.1, 0.15) is 52.8 Å². The molecule has 0 aliphatic carbocycles. The summed E-state index contributed by atoms with van der Waals surface area (Å²) in [4.78, 5) is 32.1. The van der Waals surface area contributed by atoms with E-state index in [0.717, 1.165) is 50.3 Å². The van der Waals surface area contributed by atoms with Crippen molar-refractivity contribution >= 4 is 29.3 Å². The molecule has 0 N–H and O–H groups in total. The number of anilines is 2. The van der Waals surface area contributed by atoms with Gasteiger partial charge in [0, 0.05) is 0 Å². The maximum Gasteiger partial charge on any atom is 0.267 e. The van der Waals surface area contributed by atoms with Crippen molar-refractivity contribution in [2.24, 2.45) is 5.41 Å². The smallest absolute Gasteiger partial charge is 0.267 e. The Kier molecular flexibility index (Phi) is 6.11. The van der Waals surface area contributed by atoms with Crippen LogP contribution < -0.4 is 9.80 Å². The summed E-state index contributed by atoms with van der Waals surface area (Å²) in [6.07, 6.45) is 3.45. The van der Waals surface area contributed by atoms with Gasteiger partial charge in [-0.25, -0.2) is 0 Å². The average molecular weight is 509 g/mol. The molecule has 196 valence electrons. The van der Waals surface area contributed by atoms with Gasteiger partial charge < -0.3 is 4.74 Å². The van der Waals surface area contributed by atoms with E-state index < -0.39 is 17.4 Å². The second-order valence-electron chi connectivity index (χ2n) is 11.4. The number of rotatable bonds is 4. The lowest BCUT2D eigenvalue weighted by Gasteiger charge is -2.49. The number of hydrogen-bond donors (Lipinski definition) is 0. The molecule has 3 aromatic rings. The second kappa shape index (κ2) is 8.95. The monoisotopic (exact) mass is 508 g/mol. The van der Waals surface area contributed by atoms with Crippen molar-refractivity contribution < 1.29 is 14.3 Å². The number of carbonyl (C=O) groups is 2. The van der Waals surface area contributed by atoms with E-state index in [4.69, 9.17) is 4.74 Å². The Morgan fingerprint density at radius 3 is 1.55 bits per heavy atom. The lowest BCUT2D eigenvalue weighted by molar-refractivity contribution is -0.143. The molecular weight excluding hydrogens is 472 g/mol. The lowest BCUT2D eigenvalue weighted by Crippen LogP contribution is -2.70. The fraction of sp³-hybridized carbons (Fsp3) is 0.333. The van der Waals surface area contributed by atoms with E-state index in [2.05, 4.69) is 38.1 Å². The Hall–Kier alpha value is -3.70. The van der Waals surface area contributed by atoms with Crippen molar-refractivity contribution in [2.75, 3.05) is 9.80 Å². The minimum Gasteiger partial charge on any atom is -0.320 e. The number of nitrogens with zero attached hydrogens (tertiary/aromatic N) is 2. The number of hydrogen-bond acceptors (Lipinski definition) is 3. The molecule has 2 amide bonds. The first-order valence-corrected chi connectivity index (χ1v) is 13.2. The topological polar surface area (TPSA) is 53.2 Å². The van der Waals surface area contributed by atoms with Crippen LogP contribution in [-0.2, 0) is 14.3 Å². The molecule has 5 heteroatoms. The van der Waals surface area contributed by atoms with Gasteiger partial charge in [0.05, 0.1) is 11.4 Å². The molecule has 2 aliphatic rings. The third-order valence-corrected chi connectivity index (χ3v) is 7.71. The van der Waals surface area contributed by atoms with Crippen molar-refractivity contribution in [2.45, 2.75) is 67.3 Å². The SMILES string of the molecule is Cc1cc(C)c(N2C(=O)C(C)(C)C(=O)N(c3c(C)cc(C)cc3C)C23OC3/C=C/c2ccccc2)c(C)c1. The van der Waals surface area contributed by atoms with Gasteiger partial charge in [-0.1, -0.05) is 71.8 Å². The molecule has 3 aromatic carbocycles. The number of amides is 2. The molecule has 1 spiro atoms. The molecule has 5 nitrogen and oxygen atoms in total. The lowest BCUT2D eigenvalue weighted by atomic mass is 9.84. The van der Waals surface area contributed by atoms with E-state index in [1.54, 1.807) is 23.6 Å². The standard InChI is InChI=1S/C33H36N2O3/c1-20-16-22(3)28(23(4)17-20)34-30(36)32(7,8)31(37)35(29-24(5)18-21(2)19-25(29)6)33(34)27(38-33)15-14-26-12-10-9-11-13-26/h9-19,27H,1-8H3/b15-14+. The van der Waals surface area contributed by atoms with Crippen LogP contribution in [0.2, 0.25) is 0 Å². The number of epoxide rings is 1. The van der Waals surface area contributed by atoms with E-state index >= 15 is 0 Å². The molecule has 38 heavy (non-hydrogen) atoms. The molecule has 0 saturated carbocycles. The predicted octanol–water partition coefficient (Wildman–Crippen LogP) is 6.71. The van der Waals surface area contributed by atoms with Crippen molar-refractivity contribution in [3.05, 3.63) is 99.6 Å². The Balaban J connectivity index is 1.77. The van der Waals surface area contributed by atoms with Crippen molar-refractivity contribution in [3.8, 4) is 0 Å². The number of benzene rings is 3. The van der Waals surface area contributed by atoms with Crippen molar-refractivity contribution in [1.82, 2.24) is 0 Å². The first-order valence-electron chi connectivity index (χ1n) is 13.2. The summed E-state index contributed by atoms with van der Waals surface area (Å²) in [5.41, 5.74) is 7.46. The quantitative estimate of drug-likeness (QED) is 0.291. The maximum atomic E-state index is 14.3. The highest BCUT2D eigenvalue weighted by molar-refractivity contribution is 6.21. The molecule has 0 aromatic heterocycles. The van der Waals surface area contributed by atoms with Crippen LogP contribution in [0.4, 0.5) is 11.4 Å². The van der Waals surface area contributed by atoms with Gasteiger partial charge in [-0.05, 0) is 89.3 Å². The zero-order chi connectivity index (χ0) is 27.6. The van der Waals surface area contributed by atoms with Crippen LogP contribution in [0.5, 0.6) is 0 Å². The summed E-state index contributed by atoms with van der Waals surface area (Å²) >= 11 is 0. The zero-order valence-corrected chi connectivity index (χ0v) is 23.5. The van der Waals surface area contributed by atoms with Gasteiger partial charge in [-0.15, -0.1) is 0 Å². The van der Waals surface area contributed by atoms with Gasteiger partial charge in [0.25, 0.3) is 5.85 Å². The summed E-state index contributed by atoms with van der Waals surface area (Å²) < 4.78 is 6.54. The largest absolute Gasteiger partial charge is 0.320 e. The van der Waals surface area contributed by atoms with E-state index in [0.29, 0.717) is 0 Å². The van der Waals surface area contributed by atoms with E-state index in [1.165, 1.54) is 0 Å². The van der Waals surface area contributed by atoms with Crippen LogP contribution in [0.25, 0.3) is 6.08 Å². The number of ether oxygens (including phenoxy) is 1. The second-order valence-corrected chi connectivity index (χ2v) is 11.4. The van der Waals surface area contributed by atoms with Crippen LogP contribution >= 0.6 is 0 Å². The molecule has 1 atom stereocenters. The van der Waals surface area contributed by atoms with Gasteiger partial charge >= 0.3 is 0 Å². The highest BCUT2D eigenvalue weighted by Gasteiger charge is 2.74. The molecule has 2 saturated heterocycles. The Bertz CT molecular complexity index is 1360. The van der Waals surface area contributed by atoms with Crippen LogP contribution in [0.3, 0.4) is 0 Å². The average Bonchev–Trinajstić information content (AvgIpc) is 3.55. The first kappa shape index (κ1) is 25.9. The van der Waals surface area contributed by atoms with Crippen LogP contribution in [-0.4, -0.2) is 23.8 Å². The molecule has 0 radical (unpaired) electrons. The predicted molar refractivity (Wildman–Crippen MR) is 153 cm³/mol. The van der Waals surface area contributed by atoms with Crippen molar-refractivity contribution in [3.63, 3.8) is 0 Å². The van der Waals surface area contributed by atoms with E-state index in [9.17, 15) is 9.59 Å². The fourth-order valence-corrected chi connectivity index (χ4v) is 6.06. The Labute approximate surface area is 225 Å². The van der Waals surface area contributed by atoms with Crippen LogP contribution in [0.15, 0.2) is 60.7 Å². The van der Waals surface area contributed by atoms with Crippen LogP contribution in [0, 0.1) is 47.0 Å². The van der Waals surface area contributed by atoms with Crippen molar-refractivity contribution in [1.29, 1.82) is 0 Å². The minimum atomic E-state index is -1.30. The first-order chi connectivity index (χ1) is 17.9. The number of aryl methyl sites for hydroxylation is 6. The van der Waals surface area contributed by atoms with Gasteiger partial charge in [-0.3, -0.25) is 19.4 Å². The van der Waals surface area contributed by atoms with Gasteiger partial charge in [0.2, 0.25) is 11.8 Å². The minimum absolute atomic E-state index is 0.258. The maximum absolute atomic E-state index is 14.3. The number of carbonyl (C=O) groups excluding carboxylic acids is 2. The highest BCUT2D eigenvalue weighted by Crippen LogP contribution is 2.55. The normalized spacial score (nSPS) is 20.1. The zero-order valence-electron chi connectivity index (χ0n) is 23.5. The summed E-state index contributed by atoms with van der Waals surface area (Å²) in [7, 11) is 0. The summed E-state index contributed by atoms with van der Waals surface area (Å²) in [6, 6.07) is 18.3. The molecule has 2 heterocycles. The third-order valence-electron chi connectivity index (χ3n) is 7.71. The summed E-state index contributed by atoms with van der Waals surface area (Å²) in [5, 5.41) is 0. The fourth-order valence-electron chi connectivity index (χ4n) is 6.06. The Morgan fingerprint density at radius 2 is 1.13 bits per heavy atom. The molecule has 2 fully saturated rings. The molecule has 2 aliphatic heterocycles. The van der Waals surface area contributed by atoms with E-state index in [1.807, 2.05) is 70.2 Å². The third kappa shape index (κ3) is 3.88. The Morgan fingerprint density at radius 1 is 0.711 bits per heavy atom. The van der Waals surface area contributed by atoms with Gasteiger partial charge in [-0.2, -0.15) is 0 Å². The highest BCUT2D eigenvalue weighted by atomic mass is 16.7. The molecular formula is C33H36N2O3. The van der Waals surface area contributed by atoms with Gasteiger partial charge in [0.15, 0.2) is 6.10 Å². The summed E-state index contributed by atoms with van der Waals surface area (Å²) in [6.45, 7) is 15.6. The van der Waals surface area contributed by atoms with Gasteiger partial charge in [0.1, 0.15) is 5.41 Å². The summed E-state index contributed by atoms with van der Waals surface area (Å²) in [5.74, 6) is -1.82. The van der Waals surface area contributed by atoms with E-state index in [-0.39, 0.29) is 11.8 Å².